The normalized spacial score (nSPS) is 12.2. The maximum atomic E-state index is 13.0. The second-order valence-corrected chi connectivity index (χ2v) is 4.48. The molecular weight excluding hydrogens is 267 g/mol. The molecule has 100 valence electrons. The zero-order chi connectivity index (χ0) is 13.8. The molecule has 2 rings (SSSR count). The summed E-state index contributed by atoms with van der Waals surface area (Å²) in [6.45, 7) is 2.49. The molecule has 0 saturated heterocycles. The summed E-state index contributed by atoms with van der Waals surface area (Å²) in [6, 6.07) is 11.0. The Morgan fingerprint density at radius 1 is 1.21 bits per heavy atom. The maximum Gasteiger partial charge on any atom is 0.124 e. The molecule has 2 aromatic rings. The summed E-state index contributed by atoms with van der Waals surface area (Å²) in [5.74, 6) is 0.316. The third-order valence-corrected chi connectivity index (χ3v) is 3.09. The van der Waals surface area contributed by atoms with Gasteiger partial charge in [-0.1, -0.05) is 29.8 Å². The summed E-state index contributed by atoms with van der Waals surface area (Å²) in [5.41, 5.74) is 1.16. The fraction of sp³-hybridized carbons (Fsp3) is 0.200. The molecule has 0 fully saturated rings. The van der Waals surface area contributed by atoms with E-state index >= 15 is 0 Å². The standard InChI is InChI=1S/C15H14ClFO2/c1-2-19-12-6-3-10(4-7-12)15(18)13-8-5-11(17)9-14(13)16/h3-9,15,18H,2H2,1H3. The Hall–Kier alpha value is -1.58. The number of halogens is 2. The van der Waals surface area contributed by atoms with Crippen LogP contribution in [0.15, 0.2) is 42.5 Å². The van der Waals surface area contributed by atoms with Crippen LogP contribution in [0.2, 0.25) is 5.02 Å². The van der Waals surface area contributed by atoms with Crippen LogP contribution in [0.3, 0.4) is 0 Å². The van der Waals surface area contributed by atoms with Gasteiger partial charge in [0.1, 0.15) is 17.7 Å². The van der Waals surface area contributed by atoms with Gasteiger partial charge in [-0.2, -0.15) is 0 Å². The first kappa shape index (κ1) is 13.8. The molecule has 2 nitrogen and oxygen atoms in total. The van der Waals surface area contributed by atoms with Gasteiger partial charge in [-0.3, -0.25) is 0 Å². The summed E-state index contributed by atoms with van der Waals surface area (Å²) in [6.07, 6.45) is -0.885. The first-order chi connectivity index (χ1) is 9.11. The molecule has 0 aliphatic rings. The minimum absolute atomic E-state index is 0.210. The minimum atomic E-state index is -0.885. The molecule has 2 aromatic carbocycles. The van der Waals surface area contributed by atoms with Gasteiger partial charge in [-0.05, 0) is 36.8 Å². The Kier molecular flexibility index (Phi) is 4.40. The molecule has 1 atom stereocenters. The van der Waals surface area contributed by atoms with Crippen LogP contribution in [-0.2, 0) is 0 Å². The van der Waals surface area contributed by atoms with E-state index in [1.54, 1.807) is 24.3 Å². The van der Waals surface area contributed by atoms with Crippen LogP contribution in [-0.4, -0.2) is 11.7 Å². The van der Waals surface area contributed by atoms with Crippen LogP contribution in [0, 0.1) is 5.82 Å². The molecule has 0 radical (unpaired) electrons. The lowest BCUT2D eigenvalue weighted by molar-refractivity contribution is 0.220. The van der Waals surface area contributed by atoms with Crippen LogP contribution in [0.1, 0.15) is 24.2 Å². The van der Waals surface area contributed by atoms with Gasteiger partial charge in [0.05, 0.1) is 6.61 Å². The van der Waals surface area contributed by atoms with Crippen molar-refractivity contribution in [3.63, 3.8) is 0 Å². The summed E-state index contributed by atoms with van der Waals surface area (Å²) in [4.78, 5) is 0. The van der Waals surface area contributed by atoms with E-state index in [0.29, 0.717) is 17.7 Å². The maximum absolute atomic E-state index is 13.0. The predicted octanol–water partition coefficient (Wildman–Crippen LogP) is 3.96. The molecule has 4 heteroatoms. The van der Waals surface area contributed by atoms with Gasteiger partial charge >= 0.3 is 0 Å². The second-order valence-electron chi connectivity index (χ2n) is 4.07. The van der Waals surface area contributed by atoms with E-state index in [0.717, 1.165) is 5.75 Å². The summed E-state index contributed by atoms with van der Waals surface area (Å²) < 4.78 is 18.3. The Bertz CT molecular complexity index is 555. The quantitative estimate of drug-likeness (QED) is 0.918. The van der Waals surface area contributed by atoms with Crippen molar-refractivity contribution in [1.82, 2.24) is 0 Å². The Balaban J connectivity index is 2.25. The van der Waals surface area contributed by atoms with Crippen LogP contribution in [0.4, 0.5) is 4.39 Å². The van der Waals surface area contributed by atoms with E-state index in [1.165, 1.54) is 18.2 Å². The van der Waals surface area contributed by atoms with Crippen molar-refractivity contribution in [2.75, 3.05) is 6.61 Å². The van der Waals surface area contributed by atoms with E-state index in [9.17, 15) is 9.50 Å². The highest BCUT2D eigenvalue weighted by Gasteiger charge is 2.14. The van der Waals surface area contributed by atoms with Crippen LogP contribution in [0.5, 0.6) is 5.75 Å². The minimum Gasteiger partial charge on any atom is -0.494 e. The van der Waals surface area contributed by atoms with Crippen LogP contribution < -0.4 is 4.74 Å². The van der Waals surface area contributed by atoms with E-state index in [2.05, 4.69) is 0 Å². The molecule has 1 N–H and O–H groups in total. The Morgan fingerprint density at radius 3 is 2.47 bits per heavy atom. The third-order valence-electron chi connectivity index (χ3n) is 2.76. The molecular formula is C15H14ClFO2. The van der Waals surface area contributed by atoms with Crippen LogP contribution in [0.25, 0.3) is 0 Å². The number of rotatable bonds is 4. The molecule has 19 heavy (non-hydrogen) atoms. The average molecular weight is 281 g/mol. The molecule has 0 aliphatic heterocycles. The van der Waals surface area contributed by atoms with Gasteiger partial charge < -0.3 is 9.84 Å². The van der Waals surface area contributed by atoms with Crippen molar-refractivity contribution in [1.29, 1.82) is 0 Å². The Morgan fingerprint density at radius 2 is 1.89 bits per heavy atom. The summed E-state index contributed by atoms with van der Waals surface area (Å²) in [7, 11) is 0. The number of hydrogen-bond donors (Lipinski definition) is 1. The summed E-state index contributed by atoms with van der Waals surface area (Å²) >= 11 is 5.93. The third kappa shape index (κ3) is 3.25. The number of ether oxygens (including phenoxy) is 1. The van der Waals surface area contributed by atoms with E-state index in [4.69, 9.17) is 16.3 Å². The molecule has 0 amide bonds. The average Bonchev–Trinajstić information content (AvgIpc) is 2.39. The van der Waals surface area contributed by atoms with Gasteiger partial charge in [0.15, 0.2) is 0 Å². The van der Waals surface area contributed by atoms with Crippen molar-refractivity contribution in [3.05, 3.63) is 64.4 Å². The summed E-state index contributed by atoms with van der Waals surface area (Å²) in [5, 5.41) is 10.4. The number of benzene rings is 2. The van der Waals surface area contributed by atoms with Gasteiger partial charge in [-0.25, -0.2) is 4.39 Å². The van der Waals surface area contributed by atoms with Gasteiger partial charge in [0, 0.05) is 10.6 Å². The topological polar surface area (TPSA) is 29.5 Å². The largest absolute Gasteiger partial charge is 0.494 e. The lowest BCUT2D eigenvalue weighted by Gasteiger charge is -2.14. The molecule has 0 heterocycles. The predicted molar refractivity (Wildman–Crippen MR) is 73.1 cm³/mol. The van der Waals surface area contributed by atoms with Crippen molar-refractivity contribution in [3.8, 4) is 5.75 Å². The number of aliphatic hydroxyl groups is 1. The van der Waals surface area contributed by atoms with Crippen molar-refractivity contribution in [2.24, 2.45) is 0 Å². The molecule has 0 aliphatic carbocycles. The first-order valence-electron chi connectivity index (χ1n) is 5.97. The van der Waals surface area contributed by atoms with E-state index < -0.39 is 11.9 Å². The highest BCUT2D eigenvalue weighted by molar-refractivity contribution is 6.31. The van der Waals surface area contributed by atoms with Crippen molar-refractivity contribution >= 4 is 11.6 Å². The number of hydrogen-bond acceptors (Lipinski definition) is 2. The highest BCUT2D eigenvalue weighted by Crippen LogP contribution is 2.29. The zero-order valence-electron chi connectivity index (χ0n) is 10.4. The SMILES string of the molecule is CCOc1ccc(C(O)c2ccc(F)cc2Cl)cc1. The second kappa shape index (κ2) is 6.04. The zero-order valence-corrected chi connectivity index (χ0v) is 11.2. The molecule has 0 aromatic heterocycles. The smallest absolute Gasteiger partial charge is 0.124 e. The number of aliphatic hydroxyl groups excluding tert-OH is 1. The van der Waals surface area contributed by atoms with Gasteiger partial charge in [0.2, 0.25) is 0 Å². The van der Waals surface area contributed by atoms with Gasteiger partial charge in [0.25, 0.3) is 0 Å². The van der Waals surface area contributed by atoms with E-state index in [-0.39, 0.29) is 5.02 Å². The Labute approximate surface area is 116 Å². The lowest BCUT2D eigenvalue weighted by Crippen LogP contribution is -2.01. The molecule has 1 unspecified atom stereocenters. The first-order valence-corrected chi connectivity index (χ1v) is 6.35. The van der Waals surface area contributed by atoms with Crippen LogP contribution >= 0.6 is 11.6 Å². The van der Waals surface area contributed by atoms with Crippen molar-refractivity contribution < 1.29 is 14.2 Å². The fourth-order valence-electron chi connectivity index (χ4n) is 1.82. The monoisotopic (exact) mass is 280 g/mol. The van der Waals surface area contributed by atoms with E-state index in [1.807, 2.05) is 6.92 Å². The fourth-order valence-corrected chi connectivity index (χ4v) is 2.09. The molecule has 0 saturated carbocycles. The van der Waals surface area contributed by atoms with Crippen molar-refractivity contribution in [2.45, 2.75) is 13.0 Å². The highest BCUT2D eigenvalue weighted by atomic mass is 35.5. The van der Waals surface area contributed by atoms with Gasteiger partial charge in [-0.15, -0.1) is 0 Å². The lowest BCUT2D eigenvalue weighted by atomic mass is 10.0. The molecule has 0 spiro atoms. The molecule has 0 bridgehead atoms.